The van der Waals surface area contributed by atoms with Gasteiger partial charge in [-0.25, -0.2) is 4.79 Å². The zero-order chi connectivity index (χ0) is 27.5. The van der Waals surface area contributed by atoms with Gasteiger partial charge in [0.1, 0.15) is 18.1 Å². The summed E-state index contributed by atoms with van der Waals surface area (Å²) in [5, 5.41) is 27.0. The van der Waals surface area contributed by atoms with Crippen molar-refractivity contribution >= 4 is 52.3 Å². The topological polar surface area (TPSA) is 230 Å². The van der Waals surface area contributed by atoms with Gasteiger partial charge in [0.15, 0.2) is 0 Å². The summed E-state index contributed by atoms with van der Waals surface area (Å²) < 4.78 is 0. The number of aliphatic hydroxyl groups is 1. The van der Waals surface area contributed by atoms with E-state index in [-0.39, 0.29) is 12.8 Å². The summed E-state index contributed by atoms with van der Waals surface area (Å²) in [5.41, 5.74) is 12.3. The van der Waals surface area contributed by atoms with Crippen LogP contribution in [0.25, 0.3) is 10.9 Å². The molecule has 2 rings (SSSR count). The van der Waals surface area contributed by atoms with Crippen molar-refractivity contribution in [2.75, 3.05) is 18.6 Å². The quantitative estimate of drug-likeness (QED) is 0.128. The third-order valence-electron chi connectivity index (χ3n) is 5.53. The van der Waals surface area contributed by atoms with Crippen LogP contribution in [0.4, 0.5) is 0 Å². The molecule has 0 aliphatic heterocycles. The molecule has 1 aromatic heterocycles. The maximum atomic E-state index is 13.2. The van der Waals surface area contributed by atoms with Gasteiger partial charge in [0.25, 0.3) is 0 Å². The molecule has 14 heteroatoms. The van der Waals surface area contributed by atoms with Gasteiger partial charge in [-0.2, -0.15) is 11.8 Å². The first-order chi connectivity index (χ1) is 17.6. The van der Waals surface area contributed by atoms with Crippen LogP contribution in [0.15, 0.2) is 30.5 Å². The number of rotatable bonds is 15. The fourth-order valence-electron chi connectivity index (χ4n) is 3.55. The van der Waals surface area contributed by atoms with E-state index < -0.39 is 66.8 Å². The molecule has 0 aliphatic carbocycles. The summed E-state index contributed by atoms with van der Waals surface area (Å²) in [4.78, 5) is 64.1. The number of aliphatic hydroxyl groups excluding tert-OH is 1. The second-order valence-corrected chi connectivity index (χ2v) is 9.31. The molecule has 4 atom stereocenters. The predicted octanol–water partition coefficient (Wildman–Crippen LogP) is -1.80. The highest BCUT2D eigenvalue weighted by Crippen LogP contribution is 2.19. The molecule has 37 heavy (non-hydrogen) atoms. The number of carbonyl (C=O) groups is 5. The Labute approximate surface area is 217 Å². The number of carboxylic acids is 1. The van der Waals surface area contributed by atoms with Gasteiger partial charge in [0, 0.05) is 23.5 Å². The van der Waals surface area contributed by atoms with Crippen molar-refractivity contribution < 1.29 is 34.2 Å². The first-order valence-electron chi connectivity index (χ1n) is 11.4. The molecule has 1 aromatic carbocycles. The summed E-state index contributed by atoms with van der Waals surface area (Å²) in [6.45, 7) is -0.818. The van der Waals surface area contributed by atoms with Crippen LogP contribution in [0.1, 0.15) is 18.4 Å². The minimum atomic E-state index is -1.48. The van der Waals surface area contributed by atoms with Crippen molar-refractivity contribution in [2.45, 2.75) is 43.4 Å². The molecule has 0 fully saturated rings. The van der Waals surface area contributed by atoms with E-state index in [1.54, 1.807) is 18.5 Å². The van der Waals surface area contributed by atoms with E-state index in [4.69, 9.17) is 11.5 Å². The molecular weight excluding hydrogens is 504 g/mol. The average Bonchev–Trinajstić information content (AvgIpc) is 3.26. The molecule has 4 unspecified atom stereocenters. The van der Waals surface area contributed by atoms with Crippen molar-refractivity contribution in [2.24, 2.45) is 11.5 Å². The molecular formula is C23H32N6O7S. The SMILES string of the molecule is CSCCC(NC(=O)C(CO)NC(=O)C(Cc1c[nH]c2ccccc12)NC(=O)C(N)CC(N)=O)C(=O)O. The zero-order valence-electron chi connectivity index (χ0n) is 20.2. The number of thioether (sulfide) groups is 1. The van der Waals surface area contributed by atoms with Gasteiger partial charge in [0.2, 0.25) is 23.6 Å². The normalized spacial score (nSPS) is 14.2. The zero-order valence-corrected chi connectivity index (χ0v) is 21.0. The van der Waals surface area contributed by atoms with Gasteiger partial charge >= 0.3 is 5.97 Å². The van der Waals surface area contributed by atoms with Crippen LogP contribution in [-0.2, 0) is 30.4 Å². The lowest BCUT2D eigenvalue weighted by atomic mass is 10.0. The molecule has 13 nitrogen and oxygen atoms in total. The van der Waals surface area contributed by atoms with Crippen LogP contribution in [0.5, 0.6) is 0 Å². The maximum absolute atomic E-state index is 13.2. The Morgan fingerprint density at radius 2 is 1.62 bits per heavy atom. The van der Waals surface area contributed by atoms with E-state index in [1.807, 2.05) is 18.2 Å². The van der Waals surface area contributed by atoms with Gasteiger partial charge < -0.3 is 42.6 Å². The third-order valence-corrected chi connectivity index (χ3v) is 6.17. The number of carbonyl (C=O) groups excluding carboxylic acids is 4. The van der Waals surface area contributed by atoms with Crippen LogP contribution in [0, 0.1) is 0 Å². The largest absolute Gasteiger partial charge is 0.480 e. The highest BCUT2D eigenvalue weighted by Gasteiger charge is 2.30. The van der Waals surface area contributed by atoms with Gasteiger partial charge in [-0.3, -0.25) is 19.2 Å². The molecule has 0 saturated carbocycles. The van der Waals surface area contributed by atoms with Crippen LogP contribution < -0.4 is 27.4 Å². The number of carboxylic acid groups (broad SMARTS) is 1. The second kappa shape index (κ2) is 14.2. The van der Waals surface area contributed by atoms with Crippen LogP contribution in [0.3, 0.4) is 0 Å². The van der Waals surface area contributed by atoms with E-state index >= 15 is 0 Å². The first kappa shape index (κ1) is 29.6. The number of hydrogen-bond acceptors (Lipinski definition) is 8. The number of nitrogens with two attached hydrogens (primary N) is 2. The fraction of sp³-hybridized carbons (Fsp3) is 0.435. The summed E-state index contributed by atoms with van der Waals surface area (Å²) in [5.74, 6) is -4.11. The number of aliphatic carboxylic acids is 1. The standard InChI is InChI=1S/C23H32N6O7S/c1-37-7-6-16(23(35)36)27-22(34)18(11-30)29-21(33)17(28-20(32)14(24)9-19(25)31)8-12-10-26-15-5-3-2-4-13(12)15/h2-5,10,14,16-18,26,30H,6-9,11,24H2,1H3,(H2,25,31)(H,27,34)(H,28,32)(H,29,33)(H,35,36). The number of H-pyrrole nitrogens is 1. The van der Waals surface area contributed by atoms with E-state index in [9.17, 15) is 34.2 Å². The van der Waals surface area contributed by atoms with Gasteiger partial charge in [-0.1, -0.05) is 18.2 Å². The second-order valence-electron chi connectivity index (χ2n) is 8.33. The molecule has 0 bridgehead atoms. The van der Waals surface area contributed by atoms with Crippen molar-refractivity contribution in [1.29, 1.82) is 0 Å². The van der Waals surface area contributed by atoms with Crippen LogP contribution in [0.2, 0.25) is 0 Å². The third kappa shape index (κ3) is 8.77. The number of aromatic amines is 1. The van der Waals surface area contributed by atoms with Crippen molar-refractivity contribution in [3.63, 3.8) is 0 Å². The molecule has 0 radical (unpaired) electrons. The summed E-state index contributed by atoms with van der Waals surface area (Å²) in [6.07, 6.45) is 3.14. The Morgan fingerprint density at radius 1 is 1.00 bits per heavy atom. The first-order valence-corrected chi connectivity index (χ1v) is 12.8. The number of para-hydroxylation sites is 1. The number of fused-ring (bicyclic) bond motifs is 1. The summed E-state index contributed by atoms with van der Waals surface area (Å²) in [7, 11) is 0. The van der Waals surface area contributed by atoms with Crippen molar-refractivity contribution in [3.8, 4) is 0 Å². The fourth-order valence-corrected chi connectivity index (χ4v) is 4.02. The number of nitrogens with one attached hydrogen (secondary N) is 4. The Hall–Kier alpha value is -3.62. The molecule has 0 spiro atoms. The monoisotopic (exact) mass is 536 g/mol. The molecule has 202 valence electrons. The number of amides is 4. The number of primary amides is 1. The molecule has 0 saturated heterocycles. The summed E-state index contributed by atoms with van der Waals surface area (Å²) >= 11 is 1.40. The van der Waals surface area contributed by atoms with Crippen LogP contribution >= 0.6 is 11.8 Å². The lowest BCUT2D eigenvalue weighted by Crippen LogP contribution is -2.58. The summed E-state index contributed by atoms with van der Waals surface area (Å²) in [6, 6.07) is 2.03. The highest BCUT2D eigenvalue weighted by atomic mass is 32.2. The Bertz CT molecular complexity index is 1120. The smallest absolute Gasteiger partial charge is 0.326 e. The predicted molar refractivity (Wildman–Crippen MR) is 137 cm³/mol. The van der Waals surface area contributed by atoms with Gasteiger partial charge in [-0.15, -0.1) is 0 Å². The molecule has 10 N–H and O–H groups in total. The van der Waals surface area contributed by atoms with E-state index in [0.29, 0.717) is 11.3 Å². The highest BCUT2D eigenvalue weighted by molar-refractivity contribution is 7.98. The van der Waals surface area contributed by atoms with Crippen LogP contribution in [-0.4, -0.2) is 87.6 Å². The molecule has 1 heterocycles. The van der Waals surface area contributed by atoms with E-state index in [0.717, 1.165) is 10.9 Å². The van der Waals surface area contributed by atoms with Crippen molar-refractivity contribution in [3.05, 3.63) is 36.0 Å². The minimum Gasteiger partial charge on any atom is -0.480 e. The molecule has 0 aliphatic rings. The van der Waals surface area contributed by atoms with E-state index in [1.165, 1.54) is 11.8 Å². The van der Waals surface area contributed by atoms with E-state index in [2.05, 4.69) is 20.9 Å². The number of aromatic nitrogens is 1. The lowest BCUT2D eigenvalue weighted by molar-refractivity contribution is -0.142. The minimum absolute atomic E-state index is 0.0177. The Balaban J connectivity index is 2.22. The van der Waals surface area contributed by atoms with Gasteiger partial charge in [0.05, 0.1) is 19.1 Å². The molecule has 4 amide bonds. The molecule has 2 aromatic rings. The Morgan fingerprint density at radius 3 is 2.24 bits per heavy atom. The van der Waals surface area contributed by atoms with Gasteiger partial charge in [-0.05, 0) is 30.1 Å². The Kier molecular flexibility index (Phi) is 11.4. The number of hydrogen-bond donors (Lipinski definition) is 8. The maximum Gasteiger partial charge on any atom is 0.326 e. The lowest BCUT2D eigenvalue weighted by Gasteiger charge is -2.24. The average molecular weight is 537 g/mol. The van der Waals surface area contributed by atoms with Crippen molar-refractivity contribution in [1.82, 2.24) is 20.9 Å². The number of benzene rings is 1.